The van der Waals surface area contributed by atoms with Gasteiger partial charge < -0.3 is 9.84 Å². The molecule has 0 saturated heterocycles. The molecule has 6 heteroatoms. The third-order valence-corrected chi connectivity index (χ3v) is 5.35. The van der Waals surface area contributed by atoms with E-state index in [1.165, 1.54) is 6.20 Å². The van der Waals surface area contributed by atoms with Gasteiger partial charge in [0.2, 0.25) is 0 Å². The summed E-state index contributed by atoms with van der Waals surface area (Å²) in [5.74, 6) is 0.552. The molecule has 0 bridgehead atoms. The monoisotopic (exact) mass is 397 g/mol. The molecular formula is C24H19N3O3. The van der Waals surface area contributed by atoms with E-state index in [0.717, 1.165) is 44.8 Å². The molecule has 5 rings (SSSR count). The number of fused-ring (bicyclic) bond motifs is 2. The zero-order valence-electron chi connectivity index (χ0n) is 16.6. The van der Waals surface area contributed by atoms with Crippen molar-refractivity contribution in [1.29, 1.82) is 0 Å². The van der Waals surface area contributed by atoms with Crippen molar-refractivity contribution in [3.05, 3.63) is 82.8 Å². The molecule has 0 amide bonds. The predicted molar refractivity (Wildman–Crippen MR) is 115 cm³/mol. The van der Waals surface area contributed by atoms with Crippen molar-refractivity contribution in [3.8, 4) is 11.5 Å². The Morgan fingerprint density at radius 1 is 1.17 bits per heavy atom. The summed E-state index contributed by atoms with van der Waals surface area (Å²) in [4.78, 5) is 15.9. The van der Waals surface area contributed by atoms with E-state index in [2.05, 4.69) is 4.98 Å². The van der Waals surface area contributed by atoms with Crippen LogP contribution in [0.4, 0.5) is 0 Å². The average molecular weight is 397 g/mol. The Bertz CT molecular complexity index is 1350. The van der Waals surface area contributed by atoms with Crippen LogP contribution in [0, 0.1) is 6.92 Å². The number of carbonyl (C=O) groups is 1. The standard InChI is InChI=1S/C24H19N3O3/c1-14-5-3-6-16(11-14)30-21-8-4-7-18-22(26-27(2)23(18)21)15-12-19-17(24(28)29)9-10-25-20(19)13-15/h3-11,13H,12H2,1-2H3,(H,28,29). The minimum atomic E-state index is -0.942. The maximum Gasteiger partial charge on any atom is 0.336 e. The van der Waals surface area contributed by atoms with Crippen LogP contribution >= 0.6 is 0 Å². The second-order valence-corrected chi connectivity index (χ2v) is 7.42. The highest BCUT2D eigenvalue weighted by Gasteiger charge is 2.25. The van der Waals surface area contributed by atoms with Crippen molar-refractivity contribution in [2.45, 2.75) is 13.3 Å². The van der Waals surface area contributed by atoms with Gasteiger partial charge in [0.1, 0.15) is 11.3 Å². The number of pyridine rings is 1. The number of carboxylic acid groups (broad SMARTS) is 1. The summed E-state index contributed by atoms with van der Waals surface area (Å²) in [7, 11) is 1.89. The van der Waals surface area contributed by atoms with Crippen molar-refractivity contribution < 1.29 is 14.6 Å². The van der Waals surface area contributed by atoms with Gasteiger partial charge in [-0.05, 0) is 54.0 Å². The predicted octanol–water partition coefficient (Wildman–Crippen LogP) is 4.86. The number of aryl methyl sites for hydroxylation is 2. The number of ether oxygens (including phenoxy) is 1. The summed E-state index contributed by atoms with van der Waals surface area (Å²) in [6, 6.07) is 15.3. The Morgan fingerprint density at radius 3 is 2.80 bits per heavy atom. The Hall–Kier alpha value is -3.93. The summed E-state index contributed by atoms with van der Waals surface area (Å²) in [5, 5.41) is 15.2. The first kappa shape index (κ1) is 18.1. The van der Waals surface area contributed by atoms with E-state index in [1.54, 1.807) is 6.07 Å². The number of hydrogen-bond donors (Lipinski definition) is 1. The minimum absolute atomic E-state index is 0.287. The average Bonchev–Trinajstić information content (AvgIpc) is 3.29. The fourth-order valence-electron chi connectivity index (χ4n) is 4.00. The number of aromatic nitrogens is 3. The van der Waals surface area contributed by atoms with Crippen LogP contribution in [0.25, 0.3) is 22.6 Å². The Kier molecular flexibility index (Phi) is 4.13. The zero-order valence-corrected chi connectivity index (χ0v) is 16.6. The molecule has 1 aliphatic carbocycles. The summed E-state index contributed by atoms with van der Waals surface area (Å²) in [6.45, 7) is 2.03. The molecule has 6 nitrogen and oxygen atoms in total. The van der Waals surface area contributed by atoms with Gasteiger partial charge in [-0.1, -0.05) is 24.3 Å². The van der Waals surface area contributed by atoms with E-state index in [0.29, 0.717) is 12.1 Å². The molecule has 4 aromatic rings. The third kappa shape index (κ3) is 2.93. The van der Waals surface area contributed by atoms with Gasteiger partial charge in [-0.2, -0.15) is 5.10 Å². The van der Waals surface area contributed by atoms with Gasteiger partial charge in [-0.15, -0.1) is 0 Å². The number of benzene rings is 2. The minimum Gasteiger partial charge on any atom is -0.478 e. The summed E-state index contributed by atoms with van der Waals surface area (Å²) in [6.07, 6.45) is 3.95. The summed E-state index contributed by atoms with van der Waals surface area (Å²) >= 11 is 0. The van der Waals surface area contributed by atoms with E-state index in [1.807, 2.05) is 67.2 Å². The van der Waals surface area contributed by atoms with Gasteiger partial charge in [0.15, 0.2) is 5.75 Å². The molecule has 30 heavy (non-hydrogen) atoms. The smallest absolute Gasteiger partial charge is 0.336 e. The SMILES string of the molecule is Cc1cccc(Oc2cccc3c(C4=Cc5nccc(C(=O)O)c5C4)nn(C)c23)c1. The highest BCUT2D eigenvalue weighted by atomic mass is 16.5. The molecule has 2 aromatic carbocycles. The second-order valence-electron chi connectivity index (χ2n) is 7.42. The highest BCUT2D eigenvalue weighted by molar-refractivity contribution is 6.01. The van der Waals surface area contributed by atoms with Crippen LogP contribution in [0.3, 0.4) is 0 Å². The van der Waals surface area contributed by atoms with Crippen LogP contribution in [-0.2, 0) is 13.5 Å². The molecular weight excluding hydrogens is 378 g/mol. The van der Waals surface area contributed by atoms with Gasteiger partial charge in [0.25, 0.3) is 0 Å². The van der Waals surface area contributed by atoms with Crippen LogP contribution < -0.4 is 4.74 Å². The first-order valence-electron chi connectivity index (χ1n) is 9.63. The van der Waals surface area contributed by atoms with E-state index in [4.69, 9.17) is 9.84 Å². The van der Waals surface area contributed by atoms with Crippen molar-refractivity contribution in [3.63, 3.8) is 0 Å². The van der Waals surface area contributed by atoms with Gasteiger partial charge in [0, 0.05) is 25.1 Å². The highest BCUT2D eigenvalue weighted by Crippen LogP contribution is 2.38. The van der Waals surface area contributed by atoms with Crippen LogP contribution in [0.2, 0.25) is 0 Å². The largest absolute Gasteiger partial charge is 0.478 e. The molecule has 0 radical (unpaired) electrons. The van der Waals surface area contributed by atoms with Crippen LogP contribution in [0.5, 0.6) is 11.5 Å². The molecule has 0 atom stereocenters. The fourth-order valence-corrected chi connectivity index (χ4v) is 4.00. The van der Waals surface area contributed by atoms with E-state index in [9.17, 15) is 9.90 Å². The molecule has 0 aliphatic heterocycles. The zero-order chi connectivity index (χ0) is 20.8. The molecule has 2 heterocycles. The lowest BCUT2D eigenvalue weighted by atomic mass is 10.0. The summed E-state index contributed by atoms with van der Waals surface area (Å²) < 4.78 is 7.98. The van der Waals surface area contributed by atoms with Crippen LogP contribution in [-0.4, -0.2) is 25.8 Å². The quantitative estimate of drug-likeness (QED) is 0.532. The second kappa shape index (κ2) is 6.84. The van der Waals surface area contributed by atoms with E-state index in [-0.39, 0.29) is 5.56 Å². The lowest BCUT2D eigenvalue weighted by molar-refractivity contribution is 0.0695. The van der Waals surface area contributed by atoms with Crippen molar-refractivity contribution in [2.24, 2.45) is 7.05 Å². The normalized spacial score (nSPS) is 12.7. The van der Waals surface area contributed by atoms with E-state index < -0.39 is 5.97 Å². The number of hydrogen-bond acceptors (Lipinski definition) is 4. The van der Waals surface area contributed by atoms with Crippen molar-refractivity contribution in [1.82, 2.24) is 14.8 Å². The first-order chi connectivity index (χ1) is 14.5. The number of rotatable bonds is 4. The summed E-state index contributed by atoms with van der Waals surface area (Å²) in [5.41, 5.74) is 5.48. The Labute approximate surface area is 173 Å². The Morgan fingerprint density at radius 2 is 2.00 bits per heavy atom. The molecule has 1 aliphatic rings. The Balaban J connectivity index is 1.58. The number of nitrogens with zero attached hydrogens (tertiary/aromatic N) is 3. The number of carboxylic acids is 1. The molecule has 1 N–H and O–H groups in total. The molecule has 0 saturated carbocycles. The van der Waals surface area contributed by atoms with E-state index >= 15 is 0 Å². The first-order valence-corrected chi connectivity index (χ1v) is 9.63. The van der Waals surface area contributed by atoms with Crippen LogP contribution in [0.15, 0.2) is 54.7 Å². The molecule has 0 fully saturated rings. The maximum absolute atomic E-state index is 11.6. The topological polar surface area (TPSA) is 77.2 Å². The number of para-hydroxylation sites is 1. The van der Waals surface area contributed by atoms with Gasteiger partial charge in [-0.3, -0.25) is 9.67 Å². The molecule has 0 spiro atoms. The van der Waals surface area contributed by atoms with Crippen molar-refractivity contribution in [2.75, 3.05) is 0 Å². The maximum atomic E-state index is 11.6. The lowest BCUT2D eigenvalue weighted by Gasteiger charge is -2.08. The molecule has 148 valence electrons. The number of aromatic carboxylic acids is 1. The van der Waals surface area contributed by atoms with Crippen molar-refractivity contribution >= 4 is 28.5 Å². The van der Waals surface area contributed by atoms with Gasteiger partial charge in [0.05, 0.1) is 17.0 Å². The van der Waals surface area contributed by atoms with Gasteiger partial charge in [-0.25, -0.2) is 4.79 Å². The molecule has 0 unspecified atom stereocenters. The molecule has 2 aromatic heterocycles. The number of allylic oxidation sites excluding steroid dienone is 1. The van der Waals surface area contributed by atoms with Gasteiger partial charge >= 0.3 is 5.97 Å². The fraction of sp³-hybridized carbons (Fsp3) is 0.125. The third-order valence-electron chi connectivity index (χ3n) is 5.35. The lowest BCUT2D eigenvalue weighted by Crippen LogP contribution is -2.03. The van der Waals surface area contributed by atoms with Crippen LogP contribution in [0.1, 0.15) is 32.9 Å².